The van der Waals surface area contributed by atoms with Gasteiger partial charge in [0.05, 0.1) is 6.42 Å². The first-order valence-electron chi connectivity index (χ1n) is 10.5. The summed E-state index contributed by atoms with van der Waals surface area (Å²) in [6.45, 7) is 5.50. The molecule has 0 fully saturated rings. The largest absolute Gasteiger partial charge is 0.343 e. The van der Waals surface area contributed by atoms with Crippen LogP contribution in [0.2, 0.25) is 0 Å². The number of amides is 1. The number of rotatable bonds is 7. The second kappa shape index (κ2) is 9.48. The number of carbonyl (C=O) groups is 1. The van der Waals surface area contributed by atoms with Gasteiger partial charge < -0.3 is 9.47 Å². The van der Waals surface area contributed by atoms with Crippen molar-refractivity contribution in [1.82, 2.24) is 14.5 Å². The first-order valence-corrected chi connectivity index (χ1v) is 11.3. The Kier molecular flexibility index (Phi) is 6.52. The van der Waals surface area contributed by atoms with Crippen molar-refractivity contribution in [3.63, 3.8) is 0 Å². The van der Waals surface area contributed by atoms with Crippen LogP contribution in [0.3, 0.4) is 0 Å². The predicted octanol–water partition coefficient (Wildman–Crippen LogP) is 5.83. The van der Waals surface area contributed by atoms with E-state index >= 15 is 0 Å². The van der Waals surface area contributed by atoms with Crippen LogP contribution in [0, 0.1) is 0 Å². The van der Waals surface area contributed by atoms with Gasteiger partial charge in [0.1, 0.15) is 0 Å². The second-order valence-electron chi connectivity index (χ2n) is 8.07. The summed E-state index contributed by atoms with van der Waals surface area (Å²) < 4.78 is 3.31. The first-order chi connectivity index (χ1) is 15.0. The maximum atomic E-state index is 13.3. The molecule has 0 atom stereocenters. The summed E-state index contributed by atoms with van der Waals surface area (Å²) in [6, 6.07) is 20.7. The summed E-state index contributed by atoms with van der Waals surface area (Å²) in [5.74, 6) is 0.137. The lowest BCUT2D eigenvalue weighted by molar-refractivity contribution is -0.132. The van der Waals surface area contributed by atoms with Gasteiger partial charge in [-0.1, -0.05) is 46.3 Å². The normalized spacial score (nSPS) is 11.2. The molecule has 158 valence electrons. The van der Waals surface area contributed by atoms with Crippen molar-refractivity contribution >= 4 is 32.7 Å². The first kappa shape index (κ1) is 21.3. The summed E-state index contributed by atoms with van der Waals surface area (Å²) in [7, 11) is 0. The Morgan fingerprint density at radius 1 is 1.00 bits per heavy atom. The van der Waals surface area contributed by atoms with Gasteiger partial charge in [-0.2, -0.15) is 0 Å². The number of benzene rings is 2. The van der Waals surface area contributed by atoms with E-state index in [0.717, 1.165) is 33.0 Å². The van der Waals surface area contributed by atoms with E-state index in [1.807, 2.05) is 23.1 Å². The van der Waals surface area contributed by atoms with Crippen LogP contribution in [-0.2, 0) is 24.3 Å². The maximum absolute atomic E-state index is 13.3. The van der Waals surface area contributed by atoms with Gasteiger partial charge >= 0.3 is 0 Å². The van der Waals surface area contributed by atoms with Gasteiger partial charge in [0.2, 0.25) is 5.91 Å². The Morgan fingerprint density at radius 2 is 1.71 bits per heavy atom. The Bertz CT molecular complexity index is 1170. The average molecular weight is 476 g/mol. The third-order valence-corrected chi connectivity index (χ3v) is 6.05. The molecule has 0 spiro atoms. The average Bonchev–Trinajstić information content (AvgIpc) is 3.11. The topological polar surface area (TPSA) is 38.1 Å². The van der Waals surface area contributed by atoms with E-state index < -0.39 is 0 Å². The van der Waals surface area contributed by atoms with Crippen LogP contribution < -0.4 is 0 Å². The third kappa shape index (κ3) is 5.05. The number of para-hydroxylation sites is 1. The van der Waals surface area contributed by atoms with Crippen LogP contribution in [0.1, 0.15) is 30.5 Å². The van der Waals surface area contributed by atoms with E-state index in [9.17, 15) is 4.79 Å². The van der Waals surface area contributed by atoms with Crippen molar-refractivity contribution in [2.45, 2.75) is 39.4 Å². The van der Waals surface area contributed by atoms with Gasteiger partial charge in [-0.3, -0.25) is 9.78 Å². The monoisotopic (exact) mass is 475 g/mol. The molecule has 0 aliphatic rings. The number of carbonyl (C=O) groups excluding carboxylic acids is 1. The molecule has 2 aromatic heterocycles. The van der Waals surface area contributed by atoms with Gasteiger partial charge in [0.25, 0.3) is 0 Å². The Labute approximate surface area is 191 Å². The molecule has 4 aromatic rings. The third-order valence-electron chi connectivity index (χ3n) is 5.52. The summed E-state index contributed by atoms with van der Waals surface area (Å²) in [4.78, 5) is 19.3. The molecule has 0 unspecified atom stereocenters. The SMILES string of the molecule is CC(C)N(Cc1ccncc1)C(=O)Cc1cn(Cc2ccc(Br)cc2)c2ccccc12. The van der Waals surface area contributed by atoms with Gasteiger partial charge in [-0.25, -0.2) is 0 Å². The highest BCUT2D eigenvalue weighted by Crippen LogP contribution is 2.24. The zero-order valence-electron chi connectivity index (χ0n) is 17.8. The summed E-state index contributed by atoms with van der Waals surface area (Å²) >= 11 is 3.50. The zero-order chi connectivity index (χ0) is 21.8. The van der Waals surface area contributed by atoms with E-state index in [1.54, 1.807) is 12.4 Å². The molecule has 0 aliphatic carbocycles. The van der Waals surface area contributed by atoms with E-state index in [1.165, 1.54) is 5.56 Å². The van der Waals surface area contributed by atoms with Crippen LogP contribution in [-0.4, -0.2) is 26.4 Å². The molecule has 0 aliphatic heterocycles. The molecule has 2 heterocycles. The highest BCUT2D eigenvalue weighted by atomic mass is 79.9. The van der Waals surface area contributed by atoms with Crippen molar-refractivity contribution in [1.29, 1.82) is 0 Å². The standard InChI is InChI=1S/C26H26BrN3O/c1-19(2)30(17-21-11-13-28-14-12-21)26(31)15-22-18-29(25-6-4-3-5-24(22)25)16-20-7-9-23(27)10-8-20/h3-14,18-19H,15-17H2,1-2H3. The molecule has 1 amide bonds. The van der Waals surface area contributed by atoms with E-state index in [0.29, 0.717) is 13.0 Å². The second-order valence-corrected chi connectivity index (χ2v) is 8.99. The van der Waals surface area contributed by atoms with Crippen molar-refractivity contribution in [3.8, 4) is 0 Å². The maximum Gasteiger partial charge on any atom is 0.227 e. The lowest BCUT2D eigenvalue weighted by atomic mass is 10.1. The highest BCUT2D eigenvalue weighted by molar-refractivity contribution is 9.10. The van der Waals surface area contributed by atoms with Crippen LogP contribution in [0.25, 0.3) is 10.9 Å². The summed E-state index contributed by atoms with van der Waals surface area (Å²) in [5.41, 5.74) is 4.54. The van der Waals surface area contributed by atoms with Crippen LogP contribution in [0.4, 0.5) is 0 Å². The molecule has 4 nitrogen and oxygen atoms in total. The highest BCUT2D eigenvalue weighted by Gasteiger charge is 2.20. The zero-order valence-corrected chi connectivity index (χ0v) is 19.4. The van der Waals surface area contributed by atoms with Gasteiger partial charge in [-0.05, 0) is 60.9 Å². The van der Waals surface area contributed by atoms with E-state index in [4.69, 9.17) is 0 Å². The molecule has 31 heavy (non-hydrogen) atoms. The lowest BCUT2D eigenvalue weighted by Crippen LogP contribution is -2.37. The molecule has 2 aromatic carbocycles. The fourth-order valence-electron chi connectivity index (χ4n) is 3.89. The van der Waals surface area contributed by atoms with Crippen LogP contribution in [0.5, 0.6) is 0 Å². The summed E-state index contributed by atoms with van der Waals surface area (Å²) in [5, 5.41) is 1.14. The quantitative estimate of drug-likeness (QED) is 0.337. The molecule has 0 bridgehead atoms. The van der Waals surface area contributed by atoms with E-state index in [2.05, 4.69) is 88.0 Å². The number of fused-ring (bicyclic) bond motifs is 1. The smallest absolute Gasteiger partial charge is 0.227 e. The Morgan fingerprint density at radius 3 is 2.42 bits per heavy atom. The van der Waals surface area contributed by atoms with Gasteiger partial charge in [0, 0.05) is 53.1 Å². The number of pyridine rings is 1. The molecule has 5 heteroatoms. The molecule has 0 saturated heterocycles. The van der Waals surface area contributed by atoms with Gasteiger partial charge in [-0.15, -0.1) is 0 Å². The predicted molar refractivity (Wildman–Crippen MR) is 129 cm³/mol. The summed E-state index contributed by atoms with van der Waals surface area (Å²) in [6.07, 6.45) is 6.06. The minimum Gasteiger partial charge on any atom is -0.343 e. The molecular weight excluding hydrogens is 450 g/mol. The van der Waals surface area contributed by atoms with Crippen molar-refractivity contribution < 1.29 is 4.79 Å². The molecule has 0 saturated carbocycles. The molecule has 4 rings (SSSR count). The van der Waals surface area contributed by atoms with Crippen LogP contribution in [0.15, 0.2) is 83.7 Å². The number of aromatic nitrogens is 2. The molecular formula is C26H26BrN3O. The van der Waals surface area contributed by atoms with Gasteiger partial charge in [0.15, 0.2) is 0 Å². The van der Waals surface area contributed by atoms with Crippen LogP contribution >= 0.6 is 15.9 Å². The van der Waals surface area contributed by atoms with Crippen molar-refractivity contribution in [3.05, 3.63) is 100 Å². The lowest BCUT2D eigenvalue weighted by Gasteiger charge is -2.27. The minimum absolute atomic E-state index is 0.122. The Hall–Kier alpha value is -2.92. The van der Waals surface area contributed by atoms with E-state index in [-0.39, 0.29) is 11.9 Å². The number of hydrogen-bond acceptors (Lipinski definition) is 2. The minimum atomic E-state index is 0.122. The van der Waals surface area contributed by atoms with Crippen molar-refractivity contribution in [2.75, 3.05) is 0 Å². The fraction of sp³-hybridized carbons (Fsp3) is 0.231. The Balaban J connectivity index is 1.60. The number of hydrogen-bond donors (Lipinski definition) is 0. The number of halogens is 1. The molecule has 0 radical (unpaired) electrons. The molecule has 0 N–H and O–H groups in total. The number of nitrogens with zero attached hydrogens (tertiary/aromatic N) is 3. The van der Waals surface area contributed by atoms with Crippen molar-refractivity contribution in [2.24, 2.45) is 0 Å². The fourth-order valence-corrected chi connectivity index (χ4v) is 4.15.